The Morgan fingerprint density at radius 2 is 2.08 bits per heavy atom. The molecule has 0 bridgehead atoms. The number of aliphatic hydroxyl groups excluding tert-OH is 1. The van der Waals surface area contributed by atoms with E-state index in [-0.39, 0.29) is 28.8 Å². The highest BCUT2D eigenvalue weighted by Crippen LogP contribution is 2.55. The number of fused-ring (bicyclic) bond motifs is 1. The van der Waals surface area contributed by atoms with Crippen molar-refractivity contribution in [3.63, 3.8) is 0 Å². The maximum atomic E-state index is 12.4. The normalized spacial score (nSPS) is 34.6. The van der Waals surface area contributed by atoms with Crippen molar-refractivity contribution in [3.05, 3.63) is 10.6 Å². The quantitative estimate of drug-likeness (QED) is 0.566. The van der Waals surface area contributed by atoms with Crippen molar-refractivity contribution in [2.75, 3.05) is 20.6 Å². The van der Waals surface area contributed by atoms with Gasteiger partial charge < -0.3 is 20.4 Å². The van der Waals surface area contributed by atoms with E-state index < -0.39 is 23.5 Å². The third-order valence-electron chi connectivity index (χ3n) is 5.50. The van der Waals surface area contributed by atoms with Crippen LogP contribution in [0.3, 0.4) is 0 Å². The van der Waals surface area contributed by atoms with Crippen LogP contribution in [0.5, 0.6) is 0 Å². The van der Waals surface area contributed by atoms with E-state index in [2.05, 4.69) is 5.32 Å². The number of nitrogens with one attached hydrogen (secondary N) is 1. The number of amides is 2. The first kappa shape index (κ1) is 19.2. The van der Waals surface area contributed by atoms with Gasteiger partial charge in [0.25, 0.3) is 0 Å². The van der Waals surface area contributed by atoms with Gasteiger partial charge in [-0.15, -0.1) is 11.8 Å². The molecule has 3 aliphatic rings. The van der Waals surface area contributed by atoms with Crippen LogP contribution >= 0.6 is 11.8 Å². The van der Waals surface area contributed by atoms with Crippen LogP contribution in [0.2, 0.25) is 0 Å². The van der Waals surface area contributed by atoms with E-state index in [1.807, 2.05) is 6.92 Å². The lowest BCUT2D eigenvalue weighted by atomic mass is 9.71. The summed E-state index contributed by atoms with van der Waals surface area (Å²) in [5, 5.41) is 22.8. The number of hydrogen-bond donors (Lipinski definition) is 3. The number of carboxylic acid groups (broad SMARTS) is 1. The number of β-lactam (4-membered cyclic amide) rings is 1. The smallest absolute Gasteiger partial charge is 0.353 e. The maximum absolute atomic E-state index is 12.4. The molecule has 26 heavy (non-hydrogen) atoms. The van der Waals surface area contributed by atoms with Gasteiger partial charge >= 0.3 is 5.97 Å². The highest BCUT2D eigenvalue weighted by Gasteiger charge is 2.65. The largest absolute Gasteiger partial charge is 0.477 e. The van der Waals surface area contributed by atoms with Crippen LogP contribution in [0, 0.1) is 5.92 Å². The lowest BCUT2D eigenvalue weighted by Crippen LogP contribution is -2.69. The molecule has 8 nitrogen and oxygen atoms in total. The first-order valence-electron chi connectivity index (χ1n) is 8.67. The molecule has 0 radical (unpaired) electrons. The van der Waals surface area contributed by atoms with Crippen LogP contribution in [0.4, 0.5) is 0 Å². The van der Waals surface area contributed by atoms with Crippen molar-refractivity contribution in [1.82, 2.24) is 15.1 Å². The van der Waals surface area contributed by atoms with Crippen LogP contribution in [-0.4, -0.2) is 81.4 Å². The van der Waals surface area contributed by atoms with E-state index in [4.69, 9.17) is 0 Å². The van der Waals surface area contributed by atoms with E-state index in [9.17, 15) is 24.6 Å². The molecule has 2 fully saturated rings. The van der Waals surface area contributed by atoms with E-state index in [0.717, 1.165) is 0 Å². The number of aliphatic hydroxyl groups is 1. The molecular formula is C17H25N3O5S. The second-order valence-corrected chi connectivity index (χ2v) is 9.07. The molecule has 3 heterocycles. The second kappa shape index (κ2) is 6.54. The molecule has 9 heteroatoms. The number of carboxylic acids is 1. The van der Waals surface area contributed by atoms with Gasteiger partial charge in [0.15, 0.2) is 0 Å². The SMILES string of the molecule is CC(O)[C@H]1C(=O)N2C(C(=O)O)=C(S[C@H]3CNC(C(=O)N(C)C)C3)C[C@]12C. The zero-order valence-electron chi connectivity index (χ0n) is 15.4. The average molecular weight is 383 g/mol. The van der Waals surface area contributed by atoms with Crippen molar-refractivity contribution < 1.29 is 24.6 Å². The standard InChI is InChI=1S/C17H25N3O5S/c1-8(21)12-15(23)20-13(16(24)25)11(6-17(12,20)2)26-9-5-10(18-7-9)14(22)19(3)4/h8-10,12,18,21H,5-7H2,1-4H3,(H,24,25)/t8?,9-,10?,12+,17-/m1/s1. The number of nitrogens with zero attached hydrogens (tertiary/aromatic N) is 2. The third-order valence-corrected chi connectivity index (χ3v) is 6.81. The van der Waals surface area contributed by atoms with Crippen molar-refractivity contribution in [2.45, 2.75) is 49.6 Å². The summed E-state index contributed by atoms with van der Waals surface area (Å²) >= 11 is 1.44. The lowest BCUT2D eigenvalue weighted by molar-refractivity contribution is -0.173. The number of carbonyl (C=O) groups is 3. The molecule has 2 amide bonds. The number of thioether (sulfide) groups is 1. The fourth-order valence-electron chi connectivity index (χ4n) is 4.35. The Morgan fingerprint density at radius 3 is 2.62 bits per heavy atom. The molecule has 3 N–H and O–H groups in total. The minimum atomic E-state index is -1.12. The summed E-state index contributed by atoms with van der Waals surface area (Å²) < 4.78 is 0. The van der Waals surface area contributed by atoms with Gasteiger partial charge in [-0.25, -0.2) is 4.79 Å². The Morgan fingerprint density at radius 1 is 1.42 bits per heavy atom. The molecule has 0 aliphatic carbocycles. The summed E-state index contributed by atoms with van der Waals surface area (Å²) in [5.41, 5.74) is -0.659. The van der Waals surface area contributed by atoms with Crippen LogP contribution < -0.4 is 5.32 Å². The van der Waals surface area contributed by atoms with Gasteiger partial charge in [-0.2, -0.15) is 0 Å². The summed E-state index contributed by atoms with van der Waals surface area (Å²) in [6.07, 6.45) is 0.213. The third kappa shape index (κ3) is 2.82. The zero-order valence-corrected chi connectivity index (χ0v) is 16.2. The lowest BCUT2D eigenvalue weighted by Gasteiger charge is -2.53. The Kier molecular flexibility index (Phi) is 4.83. The van der Waals surface area contributed by atoms with E-state index in [1.54, 1.807) is 25.9 Å². The van der Waals surface area contributed by atoms with Gasteiger partial charge in [0, 0.05) is 37.2 Å². The Balaban J connectivity index is 1.77. The Bertz CT molecular complexity index is 692. The second-order valence-electron chi connectivity index (χ2n) is 7.67. The van der Waals surface area contributed by atoms with E-state index >= 15 is 0 Å². The zero-order chi connectivity index (χ0) is 19.4. The molecule has 2 saturated heterocycles. The molecule has 2 unspecified atom stereocenters. The highest BCUT2D eigenvalue weighted by molar-refractivity contribution is 8.03. The first-order chi connectivity index (χ1) is 12.1. The Labute approximate surface area is 156 Å². The predicted molar refractivity (Wildman–Crippen MR) is 96.2 cm³/mol. The molecular weight excluding hydrogens is 358 g/mol. The number of carbonyl (C=O) groups excluding carboxylic acids is 2. The molecule has 144 valence electrons. The molecule has 3 aliphatic heterocycles. The first-order valence-corrected chi connectivity index (χ1v) is 9.55. The van der Waals surface area contributed by atoms with Crippen molar-refractivity contribution in [3.8, 4) is 0 Å². The predicted octanol–water partition coefficient (Wildman–Crippen LogP) is -0.164. The van der Waals surface area contributed by atoms with Gasteiger partial charge in [-0.05, 0) is 20.3 Å². The van der Waals surface area contributed by atoms with Crippen molar-refractivity contribution in [1.29, 1.82) is 0 Å². The van der Waals surface area contributed by atoms with Gasteiger partial charge in [0.1, 0.15) is 5.70 Å². The molecule has 3 rings (SSSR count). The van der Waals surface area contributed by atoms with E-state index in [0.29, 0.717) is 24.3 Å². The van der Waals surface area contributed by atoms with Crippen molar-refractivity contribution >= 4 is 29.5 Å². The summed E-state index contributed by atoms with van der Waals surface area (Å²) in [6, 6.07) is -0.266. The number of likely N-dealkylation sites (N-methyl/N-ethyl adjacent to an activating group) is 1. The minimum Gasteiger partial charge on any atom is -0.477 e. The van der Waals surface area contributed by atoms with Gasteiger partial charge in [-0.1, -0.05) is 0 Å². The van der Waals surface area contributed by atoms with Gasteiger partial charge in [0.2, 0.25) is 11.8 Å². The fourth-order valence-corrected chi connectivity index (χ4v) is 5.89. The average Bonchev–Trinajstić information content (AvgIpc) is 3.07. The molecule has 0 aromatic rings. The monoisotopic (exact) mass is 383 g/mol. The summed E-state index contributed by atoms with van der Waals surface area (Å²) in [6.45, 7) is 4.00. The molecule has 0 aromatic carbocycles. The van der Waals surface area contributed by atoms with Crippen LogP contribution in [0.15, 0.2) is 10.6 Å². The van der Waals surface area contributed by atoms with Crippen molar-refractivity contribution in [2.24, 2.45) is 5.92 Å². The molecule has 0 spiro atoms. The molecule has 5 atom stereocenters. The topological polar surface area (TPSA) is 110 Å². The van der Waals surface area contributed by atoms with Gasteiger partial charge in [0.05, 0.1) is 23.6 Å². The van der Waals surface area contributed by atoms with E-state index in [1.165, 1.54) is 16.7 Å². The minimum absolute atomic E-state index is 0.00656. The molecule has 0 aromatic heterocycles. The summed E-state index contributed by atoms with van der Waals surface area (Å²) in [7, 11) is 3.42. The number of rotatable bonds is 5. The fraction of sp³-hybridized carbons (Fsp3) is 0.706. The summed E-state index contributed by atoms with van der Waals surface area (Å²) in [4.78, 5) is 39.8. The Hall–Kier alpha value is -1.58. The number of hydrogen-bond acceptors (Lipinski definition) is 6. The summed E-state index contributed by atoms with van der Waals surface area (Å²) in [5.74, 6) is -2.03. The molecule has 0 saturated carbocycles. The van der Waals surface area contributed by atoms with Gasteiger partial charge in [-0.3, -0.25) is 14.5 Å². The van der Waals surface area contributed by atoms with Crippen LogP contribution in [-0.2, 0) is 14.4 Å². The highest BCUT2D eigenvalue weighted by atomic mass is 32.2. The number of aliphatic carboxylic acids is 1. The maximum Gasteiger partial charge on any atom is 0.353 e. The van der Waals surface area contributed by atoms with Crippen LogP contribution in [0.1, 0.15) is 26.7 Å². The van der Waals surface area contributed by atoms with Crippen LogP contribution in [0.25, 0.3) is 0 Å².